The minimum Gasteiger partial charge on any atom is -0.390 e. The molecule has 1 aromatic heterocycles. The van der Waals surface area contributed by atoms with Gasteiger partial charge < -0.3 is 9.63 Å². The van der Waals surface area contributed by atoms with E-state index >= 15 is 0 Å². The highest BCUT2D eigenvalue weighted by atomic mass is 16.6. The second kappa shape index (κ2) is 4.34. The van der Waals surface area contributed by atoms with Gasteiger partial charge >= 0.3 is 0 Å². The molecule has 1 N–H and O–H groups in total. The van der Waals surface area contributed by atoms with Crippen LogP contribution in [0.3, 0.4) is 0 Å². The van der Waals surface area contributed by atoms with E-state index in [0.29, 0.717) is 22.6 Å². The van der Waals surface area contributed by atoms with Crippen LogP contribution >= 0.6 is 0 Å². The smallest absolute Gasteiger partial charge is 0.270 e. The van der Waals surface area contributed by atoms with E-state index in [-0.39, 0.29) is 12.3 Å². The molecule has 0 saturated heterocycles. The Morgan fingerprint density at radius 3 is 2.88 bits per heavy atom. The van der Waals surface area contributed by atoms with E-state index in [1.54, 1.807) is 19.1 Å². The van der Waals surface area contributed by atoms with Crippen molar-refractivity contribution < 1.29 is 14.6 Å². The molecule has 0 bridgehead atoms. The van der Waals surface area contributed by atoms with Gasteiger partial charge in [0.05, 0.1) is 11.5 Å². The molecule has 1 aromatic carbocycles. The van der Waals surface area contributed by atoms with E-state index in [2.05, 4.69) is 5.16 Å². The number of aliphatic hydroxyl groups excluding tert-OH is 1. The Hall–Kier alpha value is -2.21. The Morgan fingerprint density at radius 2 is 2.29 bits per heavy atom. The normalized spacial score (nSPS) is 10.5. The first-order chi connectivity index (χ1) is 8.13. The predicted octanol–water partition coefficient (Wildman–Crippen LogP) is 2.05. The fraction of sp³-hybridized carbons (Fsp3) is 0.182. The largest absolute Gasteiger partial charge is 0.390 e. The summed E-state index contributed by atoms with van der Waals surface area (Å²) in [5.41, 5.74) is 1.69. The van der Waals surface area contributed by atoms with Gasteiger partial charge in [-0.05, 0) is 6.92 Å². The Kier molecular flexibility index (Phi) is 2.88. The van der Waals surface area contributed by atoms with E-state index in [0.717, 1.165) is 0 Å². The summed E-state index contributed by atoms with van der Waals surface area (Å²) in [6.07, 6.45) is 0. The summed E-state index contributed by atoms with van der Waals surface area (Å²) in [6, 6.07) is 6.09. The summed E-state index contributed by atoms with van der Waals surface area (Å²) in [6.45, 7) is 1.53. The lowest BCUT2D eigenvalue weighted by Crippen LogP contribution is -1.89. The molecular weight excluding hydrogens is 224 g/mol. The van der Waals surface area contributed by atoms with Crippen LogP contribution < -0.4 is 0 Å². The third-order valence-corrected chi connectivity index (χ3v) is 2.49. The molecule has 0 aliphatic rings. The van der Waals surface area contributed by atoms with Crippen LogP contribution in [0.5, 0.6) is 0 Å². The van der Waals surface area contributed by atoms with Crippen LogP contribution in [0, 0.1) is 17.0 Å². The molecule has 0 radical (unpaired) electrons. The molecule has 1 heterocycles. The molecule has 0 amide bonds. The van der Waals surface area contributed by atoms with Gasteiger partial charge in [-0.25, -0.2) is 0 Å². The molecular formula is C11H10N2O4. The molecule has 0 atom stereocenters. The second-order valence-corrected chi connectivity index (χ2v) is 3.55. The summed E-state index contributed by atoms with van der Waals surface area (Å²) >= 11 is 0. The number of nitro groups is 1. The zero-order chi connectivity index (χ0) is 12.4. The third-order valence-electron chi connectivity index (χ3n) is 2.49. The van der Waals surface area contributed by atoms with Gasteiger partial charge in [0.1, 0.15) is 5.69 Å². The SMILES string of the molecule is Cc1c(CO)noc1-c1cccc([N+](=O)[O-])c1. The lowest BCUT2D eigenvalue weighted by molar-refractivity contribution is -0.384. The zero-order valence-corrected chi connectivity index (χ0v) is 9.08. The van der Waals surface area contributed by atoms with Gasteiger partial charge in [-0.1, -0.05) is 17.3 Å². The number of benzene rings is 1. The van der Waals surface area contributed by atoms with E-state index in [1.165, 1.54) is 12.1 Å². The fourth-order valence-corrected chi connectivity index (χ4v) is 1.55. The summed E-state index contributed by atoms with van der Waals surface area (Å²) in [5, 5.41) is 23.3. The molecule has 6 heteroatoms. The van der Waals surface area contributed by atoms with Crippen LogP contribution in [0.4, 0.5) is 5.69 Å². The second-order valence-electron chi connectivity index (χ2n) is 3.55. The van der Waals surface area contributed by atoms with Crippen LogP contribution in [0.1, 0.15) is 11.3 Å². The van der Waals surface area contributed by atoms with Crippen molar-refractivity contribution in [1.29, 1.82) is 0 Å². The molecule has 0 aliphatic heterocycles. The summed E-state index contributed by atoms with van der Waals surface area (Å²) in [7, 11) is 0. The van der Waals surface area contributed by atoms with Gasteiger partial charge in [0.25, 0.3) is 5.69 Å². The van der Waals surface area contributed by atoms with Crippen LogP contribution in [0.2, 0.25) is 0 Å². The molecule has 17 heavy (non-hydrogen) atoms. The van der Waals surface area contributed by atoms with Gasteiger partial charge in [-0.3, -0.25) is 10.1 Å². The van der Waals surface area contributed by atoms with Crippen molar-refractivity contribution in [2.45, 2.75) is 13.5 Å². The van der Waals surface area contributed by atoms with Crippen LogP contribution in [0.25, 0.3) is 11.3 Å². The number of aliphatic hydroxyl groups is 1. The predicted molar refractivity (Wildman–Crippen MR) is 59.3 cm³/mol. The van der Waals surface area contributed by atoms with Gasteiger partial charge in [-0.15, -0.1) is 0 Å². The Morgan fingerprint density at radius 1 is 1.53 bits per heavy atom. The number of nitrogens with zero attached hydrogens (tertiary/aromatic N) is 2. The minimum atomic E-state index is -0.470. The van der Waals surface area contributed by atoms with Gasteiger partial charge in [0, 0.05) is 23.3 Å². The molecule has 0 fully saturated rings. The molecule has 0 unspecified atom stereocenters. The number of rotatable bonds is 3. The van der Waals surface area contributed by atoms with E-state index < -0.39 is 4.92 Å². The molecule has 2 rings (SSSR count). The highest BCUT2D eigenvalue weighted by molar-refractivity contribution is 5.64. The number of aromatic nitrogens is 1. The highest BCUT2D eigenvalue weighted by Crippen LogP contribution is 2.28. The topological polar surface area (TPSA) is 89.4 Å². The molecule has 2 aromatic rings. The summed E-state index contributed by atoms with van der Waals surface area (Å²) in [5.74, 6) is 0.442. The highest BCUT2D eigenvalue weighted by Gasteiger charge is 2.15. The maximum Gasteiger partial charge on any atom is 0.270 e. The molecule has 88 valence electrons. The average molecular weight is 234 g/mol. The first kappa shape index (κ1) is 11.3. The van der Waals surface area contributed by atoms with E-state index in [4.69, 9.17) is 9.63 Å². The van der Waals surface area contributed by atoms with Crippen molar-refractivity contribution in [1.82, 2.24) is 5.16 Å². The third kappa shape index (κ3) is 2.02. The average Bonchev–Trinajstić information content (AvgIpc) is 2.70. The first-order valence-electron chi connectivity index (χ1n) is 4.94. The Bertz CT molecular complexity index is 562. The minimum absolute atomic E-state index is 0.0103. The van der Waals surface area contributed by atoms with Crippen molar-refractivity contribution >= 4 is 5.69 Å². The number of hydrogen-bond acceptors (Lipinski definition) is 5. The zero-order valence-electron chi connectivity index (χ0n) is 9.08. The Labute approximate surface area is 96.6 Å². The molecule has 0 saturated carbocycles. The quantitative estimate of drug-likeness (QED) is 0.648. The van der Waals surface area contributed by atoms with Crippen molar-refractivity contribution in [2.24, 2.45) is 0 Å². The fourth-order valence-electron chi connectivity index (χ4n) is 1.55. The van der Waals surface area contributed by atoms with Crippen molar-refractivity contribution in [2.75, 3.05) is 0 Å². The maximum atomic E-state index is 10.7. The maximum absolute atomic E-state index is 10.7. The van der Waals surface area contributed by atoms with Gasteiger partial charge in [-0.2, -0.15) is 0 Å². The van der Waals surface area contributed by atoms with E-state index in [9.17, 15) is 10.1 Å². The lowest BCUT2D eigenvalue weighted by atomic mass is 10.1. The monoisotopic (exact) mass is 234 g/mol. The van der Waals surface area contributed by atoms with Crippen molar-refractivity contribution in [3.05, 3.63) is 45.6 Å². The summed E-state index contributed by atoms with van der Waals surface area (Å²) < 4.78 is 5.07. The molecule has 0 spiro atoms. The van der Waals surface area contributed by atoms with Gasteiger partial charge in [0.15, 0.2) is 5.76 Å². The van der Waals surface area contributed by atoms with Crippen LogP contribution in [-0.4, -0.2) is 15.2 Å². The number of non-ortho nitro benzene ring substituents is 1. The van der Waals surface area contributed by atoms with Gasteiger partial charge in [0.2, 0.25) is 0 Å². The van der Waals surface area contributed by atoms with Crippen molar-refractivity contribution in [3.8, 4) is 11.3 Å². The molecule has 6 nitrogen and oxygen atoms in total. The number of nitro benzene ring substituents is 1. The van der Waals surface area contributed by atoms with Crippen LogP contribution in [0.15, 0.2) is 28.8 Å². The number of hydrogen-bond donors (Lipinski definition) is 1. The molecule has 0 aliphatic carbocycles. The lowest BCUT2D eigenvalue weighted by Gasteiger charge is -1.97. The summed E-state index contributed by atoms with van der Waals surface area (Å²) in [4.78, 5) is 10.2. The van der Waals surface area contributed by atoms with Crippen LogP contribution in [-0.2, 0) is 6.61 Å². The van der Waals surface area contributed by atoms with E-state index in [1.807, 2.05) is 0 Å². The van der Waals surface area contributed by atoms with Crippen molar-refractivity contribution in [3.63, 3.8) is 0 Å². The standard InChI is InChI=1S/C11H10N2O4/c1-7-10(6-14)12-17-11(7)8-3-2-4-9(5-8)13(15)16/h2-5,14H,6H2,1H3. The first-order valence-corrected chi connectivity index (χ1v) is 4.94. The Balaban J connectivity index is 2.49.